The number of rotatable bonds is 7. The number of amides is 1. The molecular weight excluding hydrogens is 371 g/mol. The molecule has 0 unspecified atom stereocenters. The number of carbonyl (C=O) groups excluding carboxylic acids is 1. The maximum absolute atomic E-state index is 14.5. The van der Waals surface area contributed by atoms with Crippen LogP contribution in [0.5, 0.6) is 0 Å². The van der Waals surface area contributed by atoms with Gasteiger partial charge in [0.15, 0.2) is 11.5 Å². The highest BCUT2D eigenvalue weighted by Crippen LogP contribution is 2.32. The van der Waals surface area contributed by atoms with Gasteiger partial charge in [0.1, 0.15) is 5.82 Å². The van der Waals surface area contributed by atoms with Crippen LogP contribution >= 0.6 is 11.6 Å². The first-order valence-corrected chi connectivity index (χ1v) is 9.40. The van der Waals surface area contributed by atoms with Crippen LogP contribution in [0.2, 0.25) is 5.02 Å². The molecule has 6 nitrogen and oxygen atoms in total. The van der Waals surface area contributed by atoms with E-state index in [1.807, 2.05) is 19.0 Å². The molecule has 0 radical (unpaired) electrons. The number of nitrogens with zero attached hydrogens (tertiary/aromatic N) is 3. The monoisotopic (exact) mass is 394 g/mol. The summed E-state index contributed by atoms with van der Waals surface area (Å²) in [7, 11) is 3.81. The van der Waals surface area contributed by atoms with Crippen LogP contribution in [0.1, 0.15) is 40.7 Å². The summed E-state index contributed by atoms with van der Waals surface area (Å²) < 4.78 is 19.7. The molecule has 1 aromatic heterocycles. The van der Waals surface area contributed by atoms with Gasteiger partial charge in [-0.05, 0) is 52.2 Å². The van der Waals surface area contributed by atoms with E-state index in [4.69, 9.17) is 16.1 Å². The van der Waals surface area contributed by atoms with E-state index in [0.29, 0.717) is 22.9 Å². The van der Waals surface area contributed by atoms with E-state index >= 15 is 0 Å². The van der Waals surface area contributed by atoms with Crippen molar-refractivity contribution in [3.63, 3.8) is 0 Å². The molecule has 1 atom stereocenters. The van der Waals surface area contributed by atoms with Gasteiger partial charge in [0.25, 0.3) is 5.91 Å². The fourth-order valence-electron chi connectivity index (χ4n) is 3.38. The lowest BCUT2D eigenvalue weighted by atomic mass is 10.0. The Hall–Kier alpha value is -1.96. The molecule has 2 heterocycles. The van der Waals surface area contributed by atoms with Crippen molar-refractivity contribution in [1.29, 1.82) is 0 Å². The van der Waals surface area contributed by atoms with Crippen LogP contribution in [0.4, 0.5) is 4.39 Å². The third kappa shape index (κ3) is 4.86. The van der Waals surface area contributed by atoms with E-state index in [2.05, 4.69) is 15.4 Å². The minimum atomic E-state index is -0.358. The van der Waals surface area contributed by atoms with Gasteiger partial charge in [-0.25, -0.2) is 4.39 Å². The van der Waals surface area contributed by atoms with Gasteiger partial charge in [0.05, 0.1) is 12.6 Å². The highest BCUT2D eigenvalue weighted by Gasteiger charge is 2.28. The molecule has 1 N–H and O–H groups in total. The maximum Gasteiger partial charge on any atom is 0.273 e. The van der Waals surface area contributed by atoms with Crippen LogP contribution in [0.25, 0.3) is 0 Å². The predicted octanol–water partition coefficient (Wildman–Crippen LogP) is 3.10. The zero-order valence-corrected chi connectivity index (χ0v) is 16.3. The Kier molecular flexibility index (Phi) is 6.46. The molecule has 146 valence electrons. The van der Waals surface area contributed by atoms with Gasteiger partial charge in [0, 0.05) is 23.2 Å². The van der Waals surface area contributed by atoms with E-state index in [0.717, 1.165) is 25.9 Å². The van der Waals surface area contributed by atoms with Crippen molar-refractivity contribution in [2.45, 2.75) is 25.4 Å². The van der Waals surface area contributed by atoms with E-state index in [-0.39, 0.29) is 30.0 Å². The lowest BCUT2D eigenvalue weighted by molar-refractivity contribution is 0.0928. The summed E-state index contributed by atoms with van der Waals surface area (Å²) in [5, 5.41) is 7.05. The number of carbonyl (C=O) groups is 1. The molecule has 0 bridgehead atoms. The first-order chi connectivity index (χ1) is 13.0. The zero-order valence-electron chi connectivity index (χ0n) is 15.5. The van der Waals surface area contributed by atoms with Gasteiger partial charge in [-0.3, -0.25) is 9.69 Å². The molecule has 1 saturated heterocycles. The van der Waals surface area contributed by atoms with Crippen LogP contribution in [-0.4, -0.2) is 54.6 Å². The largest absolute Gasteiger partial charge is 0.359 e. The number of aromatic nitrogens is 1. The number of likely N-dealkylation sites (tertiary alicyclic amines) is 1. The maximum atomic E-state index is 14.5. The van der Waals surface area contributed by atoms with Gasteiger partial charge in [-0.15, -0.1) is 0 Å². The van der Waals surface area contributed by atoms with Crippen LogP contribution in [0.15, 0.2) is 28.8 Å². The minimum absolute atomic E-state index is 0.214. The average molecular weight is 395 g/mol. The van der Waals surface area contributed by atoms with Gasteiger partial charge in [-0.2, -0.15) is 0 Å². The number of hydrogen-bond donors (Lipinski definition) is 1. The molecule has 8 heteroatoms. The quantitative estimate of drug-likeness (QED) is 0.781. The fraction of sp³-hybridized carbons (Fsp3) is 0.474. The molecule has 1 aliphatic heterocycles. The third-order valence-electron chi connectivity index (χ3n) is 4.63. The number of benzene rings is 1. The number of halogens is 2. The molecule has 0 spiro atoms. The molecule has 1 aliphatic rings. The molecule has 1 aromatic carbocycles. The third-order valence-corrected chi connectivity index (χ3v) is 4.96. The molecule has 0 saturated carbocycles. The Morgan fingerprint density at radius 2 is 2.15 bits per heavy atom. The van der Waals surface area contributed by atoms with Crippen LogP contribution in [0.3, 0.4) is 0 Å². The summed E-state index contributed by atoms with van der Waals surface area (Å²) >= 11 is 6.28. The Bertz CT molecular complexity index is 770. The van der Waals surface area contributed by atoms with Crippen molar-refractivity contribution in [2.24, 2.45) is 0 Å². The topological polar surface area (TPSA) is 61.6 Å². The average Bonchev–Trinajstić information content (AvgIpc) is 3.28. The first-order valence-electron chi connectivity index (χ1n) is 9.02. The summed E-state index contributed by atoms with van der Waals surface area (Å²) in [6.07, 6.45) is 2.10. The van der Waals surface area contributed by atoms with Crippen LogP contribution < -0.4 is 5.32 Å². The smallest absolute Gasteiger partial charge is 0.273 e. The number of nitrogens with one attached hydrogen (secondary N) is 1. The van der Waals surface area contributed by atoms with Crippen molar-refractivity contribution in [3.05, 3.63) is 52.1 Å². The molecule has 3 rings (SSSR count). The van der Waals surface area contributed by atoms with Crippen LogP contribution in [-0.2, 0) is 6.54 Å². The summed E-state index contributed by atoms with van der Waals surface area (Å²) in [4.78, 5) is 16.6. The second-order valence-electron chi connectivity index (χ2n) is 7.02. The normalized spacial score (nSPS) is 16.0. The lowest BCUT2D eigenvalue weighted by Crippen LogP contribution is -2.37. The Balaban J connectivity index is 1.73. The van der Waals surface area contributed by atoms with Gasteiger partial charge >= 0.3 is 0 Å². The second-order valence-corrected chi connectivity index (χ2v) is 7.43. The Morgan fingerprint density at radius 3 is 2.81 bits per heavy atom. The molecule has 27 heavy (non-hydrogen) atoms. The molecule has 1 fully saturated rings. The van der Waals surface area contributed by atoms with Crippen molar-refractivity contribution in [1.82, 2.24) is 20.3 Å². The van der Waals surface area contributed by atoms with Gasteiger partial charge < -0.3 is 14.7 Å². The summed E-state index contributed by atoms with van der Waals surface area (Å²) in [6.45, 7) is 2.50. The van der Waals surface area contributed by atoms with E-state index in [1.54, 1.807) is 18.2 Å². The summed E-state index contributed by atoms with van der Waals surface area (Å²) in [5.41, 5.74) is 0.640. The van der Waals surface area contributed by atoms with E-state index in [9.17, 15) is 9.18 Å². The zero-order chi connectivity index (χ0) is 19.4. The summed E-state index contributed by atoms with van der Waals surface area (Å²) in [6, 6.07) is 5.96. The predicted molar refractivity (Wildman–Crippen MR) is 101 cm³/mol. The standard InChI is InChI=1S/C19H24ClFN4O2/c1-24(2)12-13-10-16(23-27-13)19(26)22-11-17(25-8-3-4-9-25)18-14(20)6-5-7-15(18)21/h5-7,10,17H,3-4,8-9,11-12H2,1-2H3,(H,22,26)/t17-/m0/s1. The number of hydrogen-bond acceptors (Lipinski definition) is 5. The van der Waals surface area contributed by atoms with Crippen LogP contribution in [0, 0.1) is 5.82 Å². The van der Waals surface area contributed by atoms with Crippen molar-refractivity contribution in [2.75, 3.05) is 33.7 Å². The highest BCUT2D eigenvalue weighted by atomic mass is 35.5. The minimum Gasteiger partial charge on any atom is -0.359 e. The van der Waals surface area contributed by atoms with E-state index < -0.39 is 0 Å². The highest BCUT2D eigenvalue weighted by molar-refractivity contribution is 6.31. The van der Waals surface area contributed by atoms with Gasteiger partial charge in [0.2, 0.25) is 0 Å². The van der Waals surface area contributed by atoms with Crippen molar-refractivity contribution in [3.8, 4) is 0 Å². The van der Waals surface area contributed by atoms with Crippen molar-refractivity contribution >= 4 is 17.5 Å². The second kappa shape index (κ2) is 8.82. The summed E-state index contributed by atoms with van der Waals surface area (Å²) in [5.74, 6) is -0.0952. The molecule has 2 aromatic rings. The van der Waals surface area contributed by atoms with E-state index in [1.165, 1.54) is 6.07 Å². The molecular formula is C19H24ClFN4O2. The van der Waals surface area contributed by atoms with Crippen molar-refractivity contribution < 1.29 is 13.7 Å². The lowest BCUT2D eigenvalue weighted by Gasteiger charge is -2.29. The molecule has 1 amide bonds. The SMILES string of the molecule is CN(C)Cc1cc(C(=O)NC[C@@H](c2c(F)cccc2Cl)N2CCCC2)no1. The fourth-order valence-corrected chi connectivity index (χ4v) is 3.67. The first kappa shape index (κ1) is 19.8. The molecule has 0 aliphatic carbocycles. The Morgan fingerprint density at radius 1 is 1.41 bits per heavy atom. The Labute approximate surface area is 163 Å². The van der Waals surface area contributed by atoms with Gasteiger partial charge in [-0.1, -0.05) is 22.8 Å².